The Labute approximate surface area is 159 Å². The Morgan fingerprint density at radius 2 is 1.96 bits per heavy atom. The van der Waals surface area contributed by atoms with Crippen LogP contribution in [0.5, 0.6) is 0 Å². The molecule has 1 amide bonds. The van der Waals surface area contributed by atoms with Gasteiger partial charge in [-0.2, -0.15) is 0 Å². The molecule has 0 spiro atoms. The Kier molecular flexibility index (Phi) is 5.93. The van der Waals surface area contributed by atoms with Gasteiger partial charge in [-0.1, -0.05) is 24.3 Å². The fourth-order valence-electron chi connectivity index (χ4n) is 2.20. The molecule has 132 valence electrons. The molecule has 0 fully saturated rings. The van der Waals surface area contributed by atoms with Crippen LogP contribution in [0.3, 0.4) is 0 Å². The minimum Gasteiger partial charge on any atom is -0.456 e. The summed E-state index contributed by atoms with van der Waals surface area (Å²) in [5.74, 6) is -0.563. The minimum atomic E-state index is -0.431. The zero-order valence-electron chi connectivity index (χ0n) is 14.0. The molecule has 3 aromatic rings. The van der Waals surface area contributed by atoms with Gasteiger partial charge in [-0.3, -0.25) is 9.69 Å². The highest BCUT2D eigenvalue weighted by Crippen LogP contribution is 2.28. The number of nitrogens with zero attached hydrogens (tertiary/aromatic N) is 2. The van der Waals surface area contributed by atoms with Crippen LogP contribution in [0.25, 0.3) is 6.08 Å². The van der Waals surface area contributed by atoms with Crippen LogP contribution in [-0.2, 0) is 20.9 Å². The number of hydrogen-bond acceptors (Lipinski definition) is 6. The molecule has 0 unspecified atom stereocenters. The van der Waals surface area contributed by atoms with Gasteiger partial charge in [-0.05, 0) is 29.7 Å². The molecule has 0 bridgehead atoms. The number of rotatable bonds is 6. The summed E-state index contributed by atoms with van der Waals surface area (Å²) < 4.78 is 5.21. The number of carbonyl (C=O) groups excluding carboxylic acids is 2. The number of thiazole rings is 1. The van der Waals surface area contributed by atoms with Gasteiger partial charge in [0, 0.05) is 23.3 Å². The minimum absolute atomic E-state index is 0.0602. The van der Waals surface area contributed by atoms with Gasteiger partial charge in [0.2, 0.25) is 5.91 Å². The number of para-hydroxylation sites is 1. The molecule has 0 saturated carbocycles. The van der Waals surface area contributed by atoms with Gasteiger partial charge < -0.3 is 4.74 Å². The van der Waals surface area contributed by atoms with E-state index in [0.29, 0.717) is 10.8 Å². The van der Waals surface area contributed by atoms with Crippen molar-refractivity contribution in [1.82, 2.24) is 4.98 Å². The molecule has 0 saturated heterocycles. The average Bonchev–Trinajstić information content (AvgIpc) is 3.31. The predicted molar refractivity (Wildman–Crippen MR) is 105 cm³/mol. The van der Waals surface area contributed by atoms with Gasteiger partial charge in [-0.25, -0.2) is 9.78 Å². The Balaban J connectivity index is 1.63. The molecule has 0 atom stereocenters. The fourth-order valence-corrected chi connectivity index (χ4v) is 3.69. The fraction of sp³-hybridized carbons (Fsp3) is 0.105. The number of ether oxygens (including phenoxy) is 1. The zero-order chi connectivity index (χ0) is 18.4. The summed E-state index contributed by atoms with van der Waals surface area (Å²) in [5.41, 5.74) is 1.35. The van der Waals surface area contributed by atoms with E-state index < -0.39 is 5.97 Å². The maximum absolute atomic E-state index is 12.0. The topological polar surface area (TPSA) is 59.5 Å². The lowest BCUT2D eigenvalue weighted by atomic mass is 10.3. The summed E-state index contributed by atoms with van der Waals surface area (Å²) >= 11 is 2.87. The van der Waals surface area contributed by atoms with E-state index in [2.05, 4.69) is 4.98 Å². The molecule has 2 aromatic heterocycles. The van der Waals surface area contributed by atoms with Crippen LogP contribution in [0.2, 0.25) is 0 Å². The van der Waals surface area contributed by atoms with Crippen LogP contribution in [0.15, 0.2) is 59.3 Å². The van der Waals surface area contributed by atoms with Crippen LogP contribution in [-0.4, -0.2) is 16.9 Å². The highest BCUT2D eigenvalue weighted by atomic mass is 32.1. The first kappa shape index (κ1) is 18.0. The van der Waals surface area contributed by atoms with Crippen molar-refractivity contribution < 1.29 is 14.3 Å². The Hall–Kier alpha value is -2.77. The molecule has 0 aliphatic rings. The molecule has 0 aliphatic carbocycles. The molecule has 2 heterocycles. The average molecular weight is 384 g/mol. The summed E-state index contributed by atoms with van der Waals surface area (Å²) in [6.45, 7) is 1.55. The lowest BCUT2D eigenvalue weighted by molar-refractivity contribution is -0.139. The molecule has 5 nitrogen and oxygen atoms in total. The van der Waals surface area contributed by atoms with Crippen molar-refractivity contribution in [2.75, 3.05) is 4.90 Å². The maximum atomic E-state index is 12.0. The van der Waals surface area contributed by atoms with Gasteiger partial charge in [0.05, 0.1) is 11.4 Å². The number of carbonyl (C=O) groups is 2. The van der Waals surface area contributed by atoms with E-state index in [-0.39, 0.29) is 12.5 Å². The molecule has 1 aromatic carbocycles. The molecule has 0 N–H and O–H groups in total. The van der Waals surface area contributed by atoms with Crippen LogP contribution in [0.1, 0.15) is 17.5 Å². The lowest BCUT2D eigenvalue weighted by Gasteiger charge is -2.17. The Morgan fingerprint density at radius 3 is 2.65 bits per heavy atom. The highest BCUT2D eigenvalue weighted by molar-refractivity contribution is 7.14. The van der Waals surface area contributed by atoms with Crippen molar-refractivity contribution in [2.24, 2.45) is 0 Å². The normalized spacial score (nSPS) is 10.8. The molecule has 0 aliphatic heterocycles. The predicted octanol–water partition coefficient (Wildman–Crippen LogP) is 4.65. The van der Waals surface area contributed by atoms with E-state index in [1.807, 2.05) is 47.8 Å². The van der Waals surface area contributed by atoms with E-state index >= 15 is 0 Å². The number of anilines is 2. The number of amides is 1. The number of hydrogen-bond donors (Lipinski definition) is 0. The molecule has 7 heteroatoms. The third-order valence-electron chi connectivity index (χ3n) is 3.35. The quantitative estimate of drug-likeness (QED) is 0.459. The first-order chi connectivity index (χ1) is 12.6. The number of aromatic nitrogens is 1. The Bertz CT molecular complexity index is 902. The van der Waals surface area contributed by atoms with E-state index in [1.165, 1.54) is 29.2 Å². The van der Waals surface area contributed by atoms with Gasteiger partial charge in [0.1, 0.15) is 6.61 Å². The number of thiophene rings is 1. The summed E-state index contributed by atoms with van der Waals surface area (Å²) in [4.78, 5) is 30.7. The molecule has 3 rings (SSSR count). The smallest absolute Gasteiger partial charge is 0.331 e. The van der Waals surface area contributed by atoms with Crippen LogP contribution < -0.4 is 4.90 Å². The summed E-state index contributed by atoms with van der Waals surface area (Å²) in [5, 5.41) is 4.27. The van der Waals surface area contributed by atoms with Crippen LogP contribution in [0.4, 0.5) is 10.8 Å². The first-order valence-electron chi connectivity index (χ1n) is 7.82. The molecular weight excluding hydrogens is 368 g/mol. The zero-order valence-corrected chi connectivity index (χ0v) is 15.6. The summed E-state index contributed by atoms with van der Waals surface area (Å²) in [6.07, 6.45) is 3.11. The SMILES string of the molecule is CC(=O)N(c1ccccc1)c1nc(COC(=O)C=Cc2cccs2)cs1. The van der Waals surface area contributed by atoms with Crippen molar-refractivity contribution in [3.8, 4) is 0 Å². The monoisotopic (exact) mass is 384 g/mol. The van der Waals surface area contributed by atoms with Crippen molar-refractivity contribution in [3.63, 3.8) is 0 Å². The Morgan fingerprint density at radius 1 is 1.15 bits per heavy atom. The second-order valence-electron chi connectivity index (χ2n) is 5.27. The van der Waals surface area contributed by atoms with Crippen molar-refractivity contribution in [3.05, 3.63) is 69.9 Å². The van der Waals surface area contributed by atoms with Crippen molar-refractivity contribution in [2.45, 2.75) is 13.5 Å². The molecule has 26 heavy (non-hydrogen) atoms. The maximum Gasteiger partial charge on any atom is 0.331 e. The van der Waals surface area contributed by atoms with Crippen molar-refractivity contribution in [1.29, 1.82) is 0 Å². The third kappa shape index (κ3) is 4.65. The number of benzene rings is 1. The van der Waals surface area contributed by atoms with E-state index in [9.17, 15) is 9.59 Å². The van der Waals surface area contributed by atoms with E-state index in [4.69, 9.17) is 4.74 Å². The van der Waals surface area contributed by atoms with Crippen LogP contribution in [0, 0.1) is 0 Å². The van der Waals surface area contributed by atoms with Gasteiger partial charge in [0.15, 0.2) is 5.13 Å². The number of esters is 1. The van der Waals surface area contributed by atoms with Crippen LogP contribution >= 0.6 is 22.7 Å². The first-order valence-corrected chi connectivity index (χ1v) is 9.58. The third-order valence-corrected chi connectivity index (χ3v) is 5.06. The standard InChI is InChI=1S/C19H16N2O3S2/c1-14(22)21(16-6-3-2-4-7-16)19-20-15(13-26-19)12-24-18(23)10-9-17-8-5-11-25-17/h2-11,13H,12H2,1H3. The lowest BCUT2D eigenvalue weighted by Crippen LogP contribution is -2.22. The summed E-state index contributed by atoms with van der Waals surface area (Å²) in [6, 6.07) is 13.1. The summed E-state index contributed by atoms with van der Waals surface area (Å²) in [7, 11) is 0. The van der Waals surface area contributed by atoms with E-state index in [1.54, 1.807) is 22.8 Å². The molecule has 0 radical (unpaired) electrons. The highest BCUT2D eigenvalue weighted by Gasteiger charge is 2.17. The largest absolute Gasteiger partial charge is 0.456 e. The van der Waals surface area contributed by atoms with Gasteiger partial charge in [0.25, 0.3) is 0 Å². The molecular formula is C19H16N2O3S2. The van der Waals surface area contributed by atoms with E-state index in [0.717, 1.165) is 10.6 Å². The van der Waals surface area contributed by atoms with Gasteiger partial charge >= 0.3 is 5.97 Å². The van der Waals surface area contributed by atoms with Gasteiger partial charge in [-0.15, -0.1) is 22.7 Å². The second-order valence-corrected chi connectivity index (χ2v) is 7.08. The second kappa shape index (κ2) is 8.55. The van der Waals surface area contributed by atoms with Crippen molar-refractivity contribution >= 4 is 51.4 Å².